The first-order valence-corrected chi connectivity index (χ1v) is 3.35. The Bertz CT molecular complexity index is 105. The molecule has 0 amide bonds. The summed E-state index contributed by atoms with van der Waals surface area (Å²) in [5, 5.41) is 31.8. The van der Waals surface area contributed by atoms with Crippen molar-refractivity contribution in [3.05, 3.63) is 0 Å². The molecule has 0 fully saturated rings. The molecular formula is C3H8O6VW. The maximum absolute atomic E-state index is 8.47. The molecule has 0 aliphatic carbocycles. The van der Waals surface area contributed by atoms with Gasteiger partial charge in [-0.1, -0.05) is 0 Å². The Morgan fingerprint density at radius 3 is 1.45 bits per heavy atom. The average Bonchev–Trinajstić information content (AvgIpc) is 1.63. The second kappa shape index (κ2) is 10.7. The molecule has 0 aromatic rings. The molecule has 0 aliphatic rings. The molecule has 0 saturated heterocycles. The SMILES string of the molecule is OCCC(O)(O)O.[O]=[V]=[O].[W]. The molecule has 0 atom stereocenters. The van der Waals surface area contributed by atoms with Crippen molar-refractivity contribution in [1.29, 1.82) is 0 Å². The molecule has 0 radical (unpaired) electrons. The van der Waals surface area contributed by atoms with Gasteiger partial charge in [0.2, 0.25) is 0 Å². The second-order valence-electron chi connectivity index (χ2n) is 1.32. The van der Waals surface area contributed by atoms with Crippen LogP contribution in [0.1, 0.15) is 6.42 Å². The average molecular weight is 375 g/mol. The molecule has 0 unspecified atom stereocenters. The summed E-state index contributed by atoms with van der Waals surface area (Å²) in [4.78, 5) is 0. The fourth-order valence-corrected chi connectivity index (χ4v) is 0.150. The predicted octanol–water partition coefficient (Wildman–Crippen LogP) is -2.24. The van der Waals surface area contributed by atoms with Gasteiger partial charge in [0, 0.05) is 21.1 Å². The third-order valence-electron chi connectivity index (χ3n) is 0.447. The molecular weight excluding hydrogens is 367 g/mol. The molecule has 0 saturated carbocycles. The zero-order valence-corrected chi connectivity index (χ0v) is 9.71. The van der Waals surface area contributed by atoms with E-state index < -0.39 is 35.2 Å². The van der Waals surface area contributed by atoms with Crippen LogP contribution in [0.5, 0.6) is 0 Å². The summed E-state index contributed by atoms with van der Waals surface area (Å²) in [5.74, 6) is -2.70. The van der Waals surface area contributed by atoms with Gasteiger partial charge in [-0.2, -0.15) is 0 Å². The van der Waals surface area contributed by atoms with Crippen molar-refractivity contribution >= 4 is 0 Å². The molecule has 0 bridgehead atoms. The third-order valence-corrected chi connectivity index (χ3v) is 0.447. The molecule has 0 heterocycles. The largest absolute Gasteiger partial charge is 0 e. The van der Waals surface area contributed by atoms with Crippen molar-refractivity contribution < 1.29 is 65.0 Å². The van der Waals surface area contributed by atoms with Gasteiger partial charge < -0.3 is 20.4 Å². The molecule has 0 rings (SSSR count). The van der Waals surface area contributed by atoms with E-state index in [-0.39, 0.29) is 21.1 Å². The summed E-state index contributed by atoms with van der Waals surface area (Å²) in [6.45, 7) is -0.441. The minimum Gasteiger partial charge on any atom is 0 e. The molecule has 0 spiro atoms. The Labute approximate surface area is 84.0 Å². The molecule has 0 aromatic carbocycles. The smallest absolute Gasteiger partial charge is 0 e. The van der Waals surface area contributed by atoms with E-state index in [4.69, 9.17) is 27.8 Å². The van der Waals surface area contributed by atoms with E-state index in [9.17, 15) is 0 Å². The van der Waals surface area contributed by atoms with Crippen LogP contribution >= 0.6 is 0 Å². The Balaban J connectivity index is -0.000000140. The van der Waals surface area contributed by atoms with Gasteiger partial charge in [0.15, 0.2) is 0 Å². The maximum atomic E-state index is 8.47. The fourth-order valence-electron chi connectivity index (χ4n) is 0.150. The summed E-state index contributed by atoms with van der Waals surface area (Å²) in [6, 6.07) is 0. The number of rotatable bonds is 2. The van der Waals surface area contributed by atoms with Gasteiger partial charge in [-0.3, -0.25) is 0 Å². The van der Waals surface area contributed by atoms with Gasteiger partial charge in [0.05, 0.1) is 13.0 Å². The van der Waals surface area contributed by atoms with Crippen LogP contribution in [-0.2, 0) is 44.6 Å². The standard InChI is InChI=1S/C3H8O4.2O.V.W/c4-2-1-3(5,6)7;;;;/h4-7H,1-2H2;;;;. The van der Waals surface area contributed by atoms with Crippen molar-refractivity contribution in [3.8, 4) is 0 Å². The Morgan fingerprint density at radius 2 is 1.45 bits per heavy atom. The van der Waals surface area contributed by atoms with E-state index in [1.165, 1.54) is 0 Å². The van der Waals surface area contributed by atoms with E-state index in [0.29, 0.717) is 0 Å². The quantitative estimate of drug-likeness (QED) is 0.406. The first kappa shape index (κ1) is 17.7. The molecule has 0 aliphatic heterocycles. The Morgan fingerprint density at radius 1 is 1.18 bits per heavy atom. The fraction of sp³-hybridized carbons (Fsp3) is 1.00. The maximum Gasteiger partial charge on any atom is 0 e. The van der Waals surface area contributed by atoms with E-state index in [0.717, 1.165) is 0 Å². The van der Waals surface area contributed by atoms with Crippen molar-refractivity contribution in [3.63, 3.8) is 0 Å². The van der Waals surface area contributed by atoms with Crippen LogP contribution in [0.3, 0.4) is 0 Å². The van der Waals surface area contributed by atoms with Gasteiger partial charge >= 0.3 is 23.5 Å². The number of hydrogen-bond donors (Lipinski definition) is 4. The molecule has 4 N–H and O–H groups in total. The van der Waals surface area contributed by atoms with E-state index in [2.05, 4.69) is 0 Å². The first-order chi connectivity index (χ1) is 4.47. The minimum absolute atomic E-state index is 0. The topological polar surface area (TPSA) is 115 Å². The summed E-state index contributed by atoms with van der Waals surface area (Å²) >= 11 is -1.81. The second-order valence-corrected chi connectivity index (χ2v) is 1.56. The number of hydrogen-bond acceptors (Lipinski definition) is 6. The summed E-state index contributed by atoms with van der Waals surface area (Å²) in [6.07, 6.45) is -0.438. The number of aliphatic hydroxyl groups excluding tert-OH is 1. The summed E-state index contributed by atoms with van der Waals surface area (Å²) in [7, 11) is 0. The molecule has 11 heavy (non-hydrogen) atoms. The van der Waals surface area contributed by atoms with E-state index in [1.807, 2.05) is 0 Å². The van der Waals surface area contributed by atoms with Crippen LogP contribution < -0.4 is 0 Å². The molecule has 0 aromatic heterocycles. The zero-order valence-electron chi connectivity index (χ0n) is 5.38. The predicted molar refractivity (Wildman–Crippen MR) is 22.5 cm³/mol. The van der Waals surface area contributed by atoms with Crippen molar-refractivity contribution in [2.45, 2.75) is 12.4 Å². The van der Waals surface area contributed by atoms with Crippen molar-refractivity contribution in [1.82, 2.24) is 0 Å². The van der Waals surface area contributed by atoms with Gasteiger partial charge in [-0.15, -0.1) is 0 Å². The van der Waals surface area contributed by atoms with Crippen LogP contribution in [-0.4, -0.2) is 33.0 Å². The van der Waals surface area contributed by atoms with Crippen LogP contribution in [0.4, 0.5) is 0 Å². The van der Waals surface area contributed by atoms with Gasteiger partial charge in [-0.25, -0.2) is 0 Å². The number of aliphatic hydroxyl groups is 4. The Hall–Kier alpha value is 0.713. The van der Waals surface area contributed by atoms with Gasteiger partial charge in [-0.05, 0) is 0 Å². The third kappa shape index (κ3) is 36.6. The van der Waals surface area contributed by atoms with Crippen LogP contribution in [0.15, 0.2) is 0 Å². The monoisotopic (exact) mass is 375 g/mol. The Kier molecular flexibility index (Phi) is 17.2. The van der Waals surface area contributed by atoms with Crippen LogP contribution in [0, 0.1) is 0 Å². The minimum atomic E-state index is -2.70. The zero-order chi connectivity index (χ0) is 8.62. The normalized spacial score (nSPS) is 8.36. The first-order valence-electron chi connectivity index (χ1n) is 2.21. The van der Waals surface area contributed by atoms with Gasteiger partial charge in [0.1, 0.15) is 0 Å². The van der Waals surface area contributed by atoms with Crippen molar-refractivity contribution in [2.24, 2.45) is 0 Å². The van der Waals surface area contributed by atoms with E-state index in [1.54, 1.807) is 0 Å². The van der Waals surface area contributed by atoms with Gasteiger partial charge in [0.25, 0.3) is 5.97 Å². The molecule has 8 heteroatoms. The summed E-state index contributed by atoms with van der Waals surface area (Å²) in [5.41, 5.74) is 0. The van der Waals surface area contributed by atoms with Crippen LogP contribution in [0.2, 0.25) is 0 Å². The molecule has 6 nitrogen and oxygen atoms in total. The van der Waals surface area contributed by atoms with E-state index >= 15 is 0 Å². The molecule has 67 valence electrons. The summed E-state index contributed by atoms with van der Waals surface area (Å²) < 4.78 is 16.9. The van der Waals surface area contributed by atoms with Crippen LogP contribution in [0.25, 0.3) is 0 Å². The van der Waals surface area contributed by atoms with Crippen molar-refractivity contribution in [2.75, 3.05) is 6.61 Å².